The van der Waals surface area contributed by atoms with Crippen LogP contribution >= 0.6 is 0 Å². The Balaban J connectivity index is 1.76. The van der Waals surface area contributed by atoms with E-state index in [0.29, 0.717) is 17.0 Å². The van der Waals surface area contributed by atoms with Crippen molar-refractivity contribution < 1.29 is 9.53 Å². The lowest BCUT2D eigenvalue weighted by Crippen LogP contribution is -2.13. The number of allylic oxidation sites excluding steroid dienone is 1. The lowest BCUT2D eigenvalue weighted by Gasteiger charge is -2.13. The first-order valence-corrected chi connectivity index (χ1v) is 10.5. The minimum absolute atomic E-state index is 0.170. The molecule has 0 unspecified atom stereocenters. The van der Waals surface area contributed by atoms with Gasteiger partial charge in [0.15, 0.2) is 11.6 Å². The van der Waals surface area contributed by atoms with Gasteiger partial charge in [-0.1, -0.05) is 48.0 Å². The second kappa shape index (κ2) is 9.48. The summed E-state index contributed by atoms with van der Waals surface area (Å²) in [6.07, 6.45) is 1.75. The van der Waals surface area contributed by atoms with E-state index >= 15 is 0 Å². The van der Waals surface area contributed by atoms with Crippen LogP contribution in [0.2, 0.25) is 0 Å². The minimum Gasteiger partial charge on any atom is -0.497 e. The number of benzene rings is 3. The summed E-state index contributed by atoms with van der Waals surface area (Å²) in [5.74, 6) is 0.968. The van der Waals surface area contributed by atoms with Gasteiger partial charge in [-0.2, -0.15) is 4.68 Å². The predicted octanol–water partition coefficient (Wildman–Crippen LogP) is 4.43. The van der Waals surface area contributed by atoms with E-state index in [9.17, 15) is 4.79 Å². The number of methoxy groups -OCH3 is 1. The van der Waals surface area contributed by atoms with Gasteiger partial charge in [-0.3, -0.25) is 4.79 Å². The summed E-state index contributed by atoms with van der Waals surface area (Å²) < 4.78 is 6.92. The molecule has 0 amide bonds. The Bertz CT molecular complexity index is 1310. The summed E-state index contributed by atoms with van der Waals surface area (Å²) in [6, 6.07) is 23.1. The van der Waals surface area contributed by atoms with Crippen LogP contribution in [0, 0.1) is 6.92 Å². The van der Waals surface area contributed by atoms with E-state index in [1.807, 2.05) is 92.6 Å². The van der Waals surface area contributed by atoms with Crippen LogP contribution in [0.4, 0.5) is 0 Å². The summed E-state index contributed by atoms with van der Waals surface area (Å²) in [7, 11) is 5.36. The van der Waals surface area contributed by atoms with Gasteiger partial charge >= 0.3 is 0 Å². The highest BCUT2D eigenvalue weighted by atomic mass is 16.5. The van der Waals surface area contributed by atoms with Crippen LogP contribution in [0.15, 0.2) is 79.0 Å². The fourth-order valence-electron chi connectivity index (χ4n) is 3.49. The van der Waals surface area contributed by atoms with Crippen molar-refractivity contribution in [1.82, 2.24) is 25.1 Å². The second-order valence-electron chi connectivity index (χ2n) is 7.90. The number of Topliss-reactive ketones (excluding diaryl/α,β-unsaturated/α-hetero) is 1. The molecule has 3 aromatic carbocycles. The van der Waals surface area contributed by atoms with Crippen molar-refractivity contribution in [2.45, 2.75) is 6.92 Å². The van der Waals surface area contributed by atoms with E-state index in [-0.39, 0.29) is 5.78 Å². The molecule has 0 aliphatic carbocycles. The largest absolute Gasteiger partial charge is 0.497 e. The fraction of sp³-hybridized carbons (Fsp3) is 0.154. The topological polar surface area (TPSA) is 73.1 Å². The number of aromatic nitrogens is 4. The molecular formula is C26H25N5O2. The number of carbonyl (C=O) groups is 1. The monoisotopic (exact) mass is 439 g/mol. The number of rotatable bonds is 7. The lowest BCUT2D eigenvalue weighted by molar-refractivity contribution is 0.105. The van der Waals surface area contributed by atoms with Crippen LogP contribution in [0.3, 0.4) is 0 Å². The zero-order valence-corrected chi connectivity index (χ0v) is 19.1. The van der Waals surface area contributed by atoms with Crippen molar-refractivity contribution in [3.63, 3.8) is 0 Å². The molecule has 0 spiro atoms. The molecular weight excluding hydrogens is 414 g/mol. The predicted molar refractivity (Wildman–Crippen MR) is 128 cm³/mol. The Hall–Kier alpha value is -4.26. The van der Waals surface area contributed by atoms with Crippen LogP contribution in [-0.2, 0) is 0 Å². The quantitative estimate of drug-likeness (QED) is 0.313. The van der Waals surface area contributed by atoms with Crippen LogP contribution in [0.5, 0.6) is 5.75 Å². The van der Waals surface area contributed by atoms with E-state index in [1.54, 1.807) is 24.1 Å². The molecule has 166 valence electrons. The average Bonchev–Trinajstić information content (AvgIpc) is 3.32. The van der Waals surface area contributed by atoms with E-state index in [2.05, 4.69) is 15.5 Å². The number of ether oxygens (including phenoxy) is 1. The van der Waals surface area contributed by atoms with Gasteiger partial charge in [-0.15, -0.1) is 5.10 Å². The van der Waals surface area contributed by atoms with Gasteiger partial charge in [0.1, 0.15) is 5.75 Å². The van der Waals surface area contributed by atoms with E-state index in [1.165, 1.54) is 0 Å². The fourth-order valence-corrected chi connectivity index (χ4v) is 3.49. The van der Waals surface area contributed by atoms with E-state index < -0.39 is 0 Å². The van der Waals surface area contributed by atoms with E-state index in [4.69, 9.17) is 4.74 Å². The molecule has 0 radical (unpaired) electrons. The van der Waals surface area contributed by atoms with Gasteiger partial charge < -0.3 is 9.64 Å². The summed E-state index contributed by atoms with van der Waals surface area (Å²) in [5, 5.41) is 12.2. The Morgan fingerprint density at radius 1 is 0.970 bits per heavy atom. The van der Waals surface area contributed by atoms with Gasteiger partial charge in [0.2, 0.25) is 0 Å². The van der Waals surface area contributed by atoms with E-state index in [0.717, 1.165) is 28.1 Å². The molecule has 1 aromatic heterocycles. The highest BCUT2D eigenvalue weighted by Gasteiger charge is 2.22. The minimum atomic E-state index is -0.170. The molecule has 33 heavy (non-hydrogen) atoms. The van der Waals surface area contributed by atoms with Crippen LogP contribution < -0.4 is 4.74 Å². The molecule has 0 saturated heterocycles. The van der Waals surface area contributed by atoms with Crippen molar-refractivity contribution in [3.05, 3.63) is 95.9 Å². The molecule has 0 saturated carbocycles. The average molecular weight is 440 g/mol. The first-order valence-electron chi connectivity index (χ1n) is 10.5. The molecule has 4 rings (SSSR count). The molecule has 0 aliphatic heterocycles. The third-order valence-corrected chi connectivity index (χ3v) is 5.15. The highest BCUT2D eigenvalue weighted by Crippen LogP contribution is 2.27. The van der Waals surface area contributed by atoms with Gasteiger partial charge in [0, 0.05) is 25.9 Å². The molecule has 0 bridgehead atoms. The maximum Gasteiger partial charge on any atom is 0.198 e. The number of hydrogen-bond donors (Lipinski definition) is 0. The van der Waals surface area contributed by atoms with Crippen molar-refractivity contribution in [2.24, 2.45) is 0 Å². The third-order valence-electron chi connectivity index (χ3n) is 5.15. The summed E-state index contributed by atoms with van der Waals surface area (Å²) in [4.78, 5) is 15.5. The summed E-state index contributed by atoms with van der Waals surface area (Å²) in [6.45, 7) is 2.01. The molecule has 0 N–H and O–H groups in total. The van der Waals surface area contributed by atoms with Crippen molar-refractivity contribution >= 4 is 11.4 Å². The van der Waals surface area contributed by atoms with Crippen molar-refractivity contribution in [2.75, 3.05) is 21.2 Å². The number of carbonyl (C=O) groups excluding carboxylic acids is 1. The Kier molecular flexibility index (Phi) is 6.31. The zero-order chi connectivity index (χ0) is 23.4. The van der Waals surface area contributed by atoms with Gasteiger partial charge in [0.25, 0.3) is 0 Å². The summed E-state index contributed by atoms with van der Waals surface area (Å²) in [5.41, 5.74) is 4.73. The van der Waals surface area contributed by atoms with Crippen LogP contribution in [-0.4, -0.2) is 52.1 Å². The van der Waals surface area contributed by atoms with Gasteiger partial charge in [0.05, 0.1) is 18.4 Å². The molecule has 0 aliphatic rings. The Labute approximate surface area is 192 Å². The molecule has 1 heterocycles. The number of hydrogen-bond acceptors (Lipinski definition) is 6. The number of aryl methyl sites for hydroxylation is 1. The Morgan fingerprint density at radius 2 is 1.67 bits per heavy atom. The standard InChI is InChI=1S/C26H25N5O2/c1-18-11-13-22(14-12-18)31-26(27-28-29-31)24(17-30(2)3)25(32)21-9-5-7-19(15-21)20-8-6-10-23(16-20)33-4/h5-17H,1-4H3. The first-order chi connectivity index (χ1) is 16.0. The number of tetrazole rings is 1. The normalized spacial score (nSPS) is 11.3. The number of nitrogens with zero attached hydrogens (tertiary/aromatic N) is 5. The SMILES string of the molecule is COc1cccc(-c2cccc(C(=O)C(=CN(C)C)c3nnnn3-c3ccc(C)cc3)c2)c1. The maximum absolute atomic E-state index is 13.7. The van der Waals surface area contributed by atoms with Gasteiger partial charge in [-0.25, -0.2) is 0 Å². The second-order valence-corrected chi connectivity index (χ2v) is 7.90. The zero-order valence-electron chi connectivity index (χ0n) is 19.1. The summed E-state index contributed by atoms with van der Waals surface area (Å²) >= 11 is 0. The molecule has 4 aromatic rings. The smallest absolute Gasteiger partial charge is 0.198 e. The van der Waals surface area contributed by atoms with Crippen molar-refractivity contribution in [3.8, 4) is 22.6 Å². The lowest BCUT2D eigenvalue weighted by atomic mass is 9.98. The van der Waals surface area contributed by atoms with Crippen LogP contribution in [0.1, 0.15) is 21.7 Å². The number of ketones is 1. The molecule has 0 atom stereocenters. The first kappa shape index (κ1) is 22.0. The highest BCUT2D eigenvalue weighted by molar-refractivity contribution is 6.28. The third kappa shape index (κ3) is 4.82. The Morgan fingerprint density at radius 3 is 2.36 bits per heavy atom. The maximum atomic E-state index is 13.7. The van der Waals surface area contributed by atoms with Crippen LogP contribution in [0.25, 0.3) is 22.4 Å². The van der Waals surface area contributed by atoms with Crippen molar-refractivity contribution in [1.29, 1.82) is 0 Å². The molecule has 7 heteroatoms. The van der Waals surface area contributed by atoms with Gasteiger partial charge in [-0.05, 0) is 58.8 Å². The molecule has 7 nitrogen and oxygen atoms in total. The molecule has 0 fully saturated rings.